The summed E-state index contributed by atoms with van der Waals surface area (Å²) < 4.78 is 11.0. The van der Waals surface area contributed by atoms with Crippen LogP contribution in [0.3, 0.4) is 0 Å². The first kappa shape index (κ1) is 14.6. The van der Waals surface area contributed by atoms with Gasteiger partial charge in [0.1, 0.15) is 0 Å². The summed E-state index contributed by atoms with van der Waals surface area (Å²) in [5.41, 5.74) is 5.39. The number of fused-ring (bicyclic) bond motifs is 2. The molecule has 4 nitrogen and oxygen atoms in total. The van der Waals surface area contributed by atoms with Crippen LogP contribution in [-0.2, 0) is 4.79 Å². The molecule has 0 spiro atoms. The highest BCUT2D eigenvalue weighted by molar-refractivity contribution is 5.85. The number of amides is 1. The molecule has 1 aliphatic heterocycles. The van der Waals surface area contributed by atoms with Crippen molar-refractivity contribution in [2.75, 3.05) is 20.8 Å². The molecule has 0 saturated carbocycles. The minimum atomic E-state index is 0.120. The SMILES string of the molecule is COc1cc2c(cc1OC)C(N1CCCC1=O)C1=C2CCCC1. The van der Waals surface area contributed by atoms with E-state index in [1.807, 2.05) is 0 Å². The van der Waals surface area contributed by atoms with E-state index in [1.165, 1.54) is 35.1 Å². The van der Waals surface area contributed by atoms with Gasteiger partial charge in [0.15, 0.2) is 11.5 Å². The van der Waals surface area contributed by atoms with Crippen LogP contribution in [-0.4, -0.2) is 31.6 Å². The van der Waals surface area contributed by atoms with Crippen LogP contribution in [0.5, 0.6) is 11.5 Å². The predicted octanol–water partition coefficient (Wildman–Crippen LogP) is 3.71. The zero-order valence-corrected chi connectivity index (χ0v) is 13.9. The molecule has 4 heteroatoms. The maximum Gasteiger partial charge on any atom is 0.223 e. The summed E-state index contributed by atoms with van der Waals surface area (Å²) in [5, 5.41) is 0. The molecule has 1 heterocycles. The van der Waals surface area contributed by atoms with Crippen molar-refractivity contribution in [1.82, 2.24) is 4.90 Å². The van der Waals surface area contributed by atoms with Crippen LogP contribution < -0.4 is 9.47 Å². The van der Waals surface area contributed by atoms with Gasteiger partial charge >= 0.3 is 0 Å². The molecule has 122 valence electrons. The Morgan fingerprint density at radius 1 is 1.00 bits per heavy atom. The quantitative estimate of drug-likeness (QED) is 0.854. The molecule has 0 bridgehead atoms. The highest BCUT2D eigenvalue weighted by Gasteiger charge is 2.40. The third kappa shape index (κ3) is 2.15. The van der Waals surface area contributed by atoms with E-state index in [0.29, 0.717) is 6.42 Å². The number of likely N-dealkylation sites (tertiary alicyclic amines) is 1. The Hall–Kier alpha value is -1.97. The first-order chi connectivity index (χ1) is 11.2. The van der Waals surface area contributed by atoms with Crippen molar-refractivity contribution in [3.05, 3.63) is 28.8 Å². The zero-order valence-electron chi connectivity index (χ0n) is 13.9. The number of benzene rings is 1. The molecule has 0 N–H and O–H groups in total. The van der Waals surface area contributed by atoms with Crippen LogP contribution in [0.15, 0.2) is 17.7 Å². The van der Waals surface area contributed by atoms with Gasteiger partial charge in [-0.25, -0.2) is 0 Å². The highest BCUT2D eigenvalue weighted by atomic mass is 16.5. The summed E-state index contributed by atoms with van der Waals surface area (Å²) in [4.78, 5) is 14.5. The molecule has 1 amide bonds. The summed E-state index contributed by atoms with van der Waals surface area (Å²) >= 11 is 0. The van der Waals surface area contributed by atoms with E-state index in [-0.39, 0.29) is 11.9 Å². The maximum atomic E-state index is 12.4. The van der Waals surface area contributed by atoms with E-state index in [0.717, 1.165) is 37.3 Å². The van der Waals surface area contributed by atoms with Crippen molar-refractivity contribution in [1.29, 1.82) is 0 Å². The molecule has 1 fully saturated rings. The van der Waals surface area contributed by atoms with Gasteiger partial charge in [-0.1, -0.05) is 0 Å². The maximum absolute atomic E-state index is 12.4. The molecule has 0 aromatic heterocycles. The Morgan fingerprint density at radius 2 is 1.74 bits per heavy atom. The van der Waals surface area contributed by atoms with Gasteiger partial charge in [0, 0.05) is 13.0 Å². The second kappa shape index (κ2) is 5.59. The first-order valence-corrected chi connectivity index (χ1v) is 8.52. The van der Waals surface area contributed by atoms with Crippen LogP contribution in [0, 0.1) is 0 Å². The number of hydrogen-bond acceptors (Lipinski definition) is 3. The summed E-state index contributed by atoms with van der Waals surface area (Å²) in [6, 6.07) is 4.31. The van der Waals surface area contributed by atoms with Crippen molar-refractivity contribution >= 4 is 11.5 Å². The van der Waals surface area contributed by atoms with Gasteiger partial charge in [-0.2, -0.15) is 0 Å². The summed E-state index contributed by atoms with van der Waals surface area (Å²) in [6.07, 6.45) is 6.31. The third-order valence-corrected chi connectivity index (χ3v) is 5.44. The topological polar surface area (TPSA) is 38.8 Å². The second-order valence-corrected chi connectivity index (χ2v) is 6.60. The fourth-order valence-corrected chi connectivity index (χ4v) is 4.41. The molecule has 1 atom stereocenters. The number of methoxy groups -OCH3 is 2. The van der Waals surface area contributed by atoms with Crippen molar-refractivity contribution in [3.8, 4) is 11.5 Å². The molecule has 0 radical (unpaired) electrons. The van der Waals surface area contributed by atoms with Crippen LogP contribution in [0.25, 0.3) is 5.57 Å². The van der Waals surface area contributed by atoms with Crippen LogP contribution >= 0.6 is 0 Å². The van der Waals surface area contributed by atoms with E-state index < -0.39 is 0 Å². The number of nitrogens with zero attached hydrogens (tertiary/aromatic N) is 1. The van der Waals surface area contributed by atoms with E-state index in [1.54, 1.807) is 14.2 Å². The minimum Gasteiger partial charge on any atom is -0.493 e. The Bertz CT molecular complexity index is 692. The third-order valence-electron chi connectivity index (χ3n) is 5.44. The average Bonchev–Trinajstić information content (AvgIpc) is 3.14. The van der Waals surface area contributed by atoms with E-state index in [9.17, 15) is 4.79 Å². The van der Waals surface area contributed by atoms with Crippen molar-refractivity contribution < 1.29 is 14.3 Å². The normalized spacial score (nSPS) is 23.1. The number of ether oxygens (including phenoxy) is 2. The molecular formula is C19H23NO3. The standard InChI is InChI=1S/C19H23NO3/c1-22-16-10-14-12-6-3-4-7-13(12)19(15(14)11-17(16)23-2)20-9-5-8-18(20)21/h10-11,19H,3-9H2,1-2H3. The number of carbonyl (C=O) groups excluding carboxylic acids is 1. The van der Waals surface area contributed by atoms with Gasteiger partial charge in [0.05, 0.1) is 20.3 Å². The molecule has 1 saturated heterocycles. The molecule has 1 aromatic rings. The Balaban J connectivity index is 1.87. The Labute approximate surface area is 137 Å². The minimum absolute atomic E-state index is 0.120. The van der Waals surface area contributed by atoms with Crippen molar-refractivity contribution in [2.24, 2.45) is 0 Å². The molecule has 2 aliphatic carbocycles. The molecule has 23 heavy (non-hydrogen) atoms. The average molecular weight is 313 g/mol. The number of carbonyl (C=O) groups is 1. The first-order valence-electron chi connectivity index (χ1n) is 8.52. The Kier molecular flexibility index (Phi) is 3.55. The highest BCUT2D eigenvalue weighted by Crippen LogP contribution is 2.53. The summed E-state index contributed by atoms with van der Waals surface area (Å²) in [7, 11) is 3.35. The molecule has 3 aliphatic rings. The number of allylic oxidation sites excluding steroid dienone is 1. The van der Waals surface area contributed by atoms with Crippen LogP contribution in [0.1, 0.15) is 55.7 Å². The van der Waals surface area contributed by atoms with E-state index >= 15 is 0 Å². The van der Waals surface area contributed by atoms with Gasteiger partial charge < -0.3 is 14.4 Å². The van der Waals surface area contributed by atoms with E-state index in [2.05, 4.69) is 17.0 Å². The van der Waals surface area contributed by atoms with Crippen molar-refractivity contribution in [3.63, 3.8) is 0 Å². The largest absolute Gasteiger partial charge is 0.493 e. The van der Waals surface area contributed by atoms with Gasteiger partial charge in [0.25, 0.3) is 0 Å². The lowest BCUT2D eigenvalue weighted by Gasteiger charge is -2.29. The Morgan fingerprint density at radius 3 is 2.43 bits per heavy atom. The van der Waals surface area contributed by atoms with Gasteiger partial charge in [-0.15, -0.1) is 0 Å². The molecule has 4 rings (SSSR count). The lowest BCUT2D eigenvalue weighted by atomic mass is 9.90. The summed E-state index contributed by atoms with van der Waals surface area (Å²) in [5.74, 6) is 1.81. The zero-order chi connectivity index (χ0) is 16.0. The van der Waals surface area contributed by atoms with E-state index in [4.69, 9.17) is 9.47 Å². The molecule has 1 unspecified atom stereocenters. The summed E-state index contributed by atoms with van der Waals surface area (Å²) in [6.45, 7) is 0.869. The monoisotopic (exact) mass is 313 g/mol. The lowest BCUT2D eigenvalue weighted by Crippen LogP contribution is -2.30. The lowest BCUT2D eigenvalue weighted by molar-refractivity contribution is -0.129. The number of rotatable bonds is 3. The fraction of sp³-hybridized carbons (Fsp3) is 0.526. The van der Waals surface area contributed by atoms with Crippen LogP contribution in [0.4, 0.5) is 0 Å². The smallest absolute Gasteiger partial charge is 0.223 e. The second-order valence-electron chi connectivity index (χ2n) is 6.60. The number of hydrogen-bond donors (Lipinski definition) is 0. The molecular weight excluding hydrogens is 290 g/mol. The van der Waals surface area contributed by atoms with Gasteiger partial charge in [-0.3, -0.25) is 4.79 Å². The molecule has 1 aromatic carbocycles. The predicted molar refractivity (Wildman–Crippen MR) is 88.6 cm³/mol. The van der Waals surface area contributed by atoms with Crippen molar-refractivity contribution in [2.45, 2.75) is 44.6 Å². The fourth-order valence-electron chi connectivity index (χ4n) is 4.41. The van der Waals surface area contributed by atoms with Crippen LogP contribution in [0.2, 0.25) is 0 Å². The van der Waals surface area contributed by atoms with Gasteiger partial charge in [0.2, 0.25) is 5.91 Å². The van der Waals surface area contributed by atoms with Gasteiger partial charge in [-0.05, 0) is 66.5 Å².